The van der Waals surface area contributed by atoms with Crippen LogP contribution in [-0.4, -0.2) is 45.5 Å². The fraction of sp³-hybridized carbons (Fsp3) is 0.238. The molecule has 2 amide bonds. The number of benzene rings is 2. The van der Waals surface area contributed by atoms with E-state index in [0.717, 1.165) is 12.7 Å². The van der Waals surface area contributed by atoms with Crippen LogP contribution in [0, 0.1) is 6.92 Å². The van der Waals surface area contributed by atoms with E-state index in [1.807, 2.05) is 6.92 Å². The molecule has 9 nitrogen and oxygen atoms in total. The highest BCUT2D eigenvalue weighted by atomic mass is 32.2. The number of aromatic hydroxyl groups is 1. The maximum atomic E-state index is 13.0. The number of hydrogen-bond acceptors (Lipinski definition) is 7. The van der Waals surface area contributed by atoms with Crippen molar-refractivity contribution in [3.63, 3.8) is 0 Å². The molecular formula is C21H22N2O7S. The predicted molar refractivity (Wildman–Crippen MR) is 111 cm³/mol. The molecule has 0 aromatic heterocycles. The fourth-order valence-electron chi connectivity index (χ4n) is 3.23. The Kier molecular flexibility index (Phi) is 6.21. The molecule has 0 saturated heterocycles. The van der Waals surface area contributed by atoms with E-state index in [2.05, 4.69) is 10.6 Å². The summed E-state index contributed by atoms with van der Waals surface area (Å²) in [4.78, 5) is 25.0. The van der Waals surface area contributed by atoms with Gasteiger partial charge in [-0.3, -0.25) is 0 Å². The zero-order valence-corrected chi connectivity index (χ0v) is 17.9. The van der Waals surface area contributed by atoms with Crippen molar-refractivity contribution in [1.29, 1.82) is 0 Å². The number of sulfone groups is 1. The molecular weight excluding hydrogens is 424 g/mol. The van der Waals surface area contributed by atoms with Crippen LogP contribution in [0.1, 0.15) is 17.2 Å². The van der Waals surface area contributed by atoms with Crippen molar-refractivity contribution in [1.82, 2.24) is 10.6 Å². The monoisotopic (exact) mass is 446 g/mol. The van der Waals surface area contributed by atoms with Crippen LogP contribution in [0.15, 0.2) is 58.6 Å². The van der Waals surface area contributed by atoms with Gasteiger partial charge in [-0.25, -0.2) is 18.0 Å². The number of nitrogens with one attached hydrogen (secondary N) is 2. The average molecular weight is 446 g/mol. The van der Waals surface area contributed by atoms with Crippen LogP contribution >= 0.6 is 0 Å². The molecule has 164 valence electrons. The van der Waals surface area contributed by atoms with Gasteiger partial charge in [-0.05, 0) is 36.8 Å². The maximum absolute atomic E-state index is 13.0. The number of hydrogen-bond donors (Lipinski definition) is 3. The van der Waals surface area contributed by atoms with Gasteiger partial charge in [-0.15, -0.1) is 0 Å². The molecule has 3 N–H and O–H groups in total. The van der Waals surface area contributed by atoms with Gasteiger partial charge in [0.1, 0.15) is 0 Å². The molecule has 10 heteroatoms. The Morgan fingerprint density at radius 2 is 1.81 bits per heavy atom. The SMILES string of the molecule is COC(=O)C1=C(CS(=O)(=O)c2ccc(C)cc2)NC(=O)N[C@@H]1c1ccc(O)c(OC)c1. The quantitative estimate of drug-likeness (QED) is 0.578. The minimum Gasteiger partial charge on any atom is -0.504 e. The molecule has 0 fully saturated rings. The van der Waals surface area contributed by atoms with Gasteiger partial charge >= 0.3 is 12.0 Å². The molecule has 0 unspecified atom stereocenters. The fourth-order valence-corrected chi connectivity index (χ4v) is 4.55. The number of phenolic OH excluding ortho intramolecular Hbond substituents is 1. The summed E-state index contributed by atoms with van der Waals surface area (Å²) < 4.78 is 35.9. The van der Waals surface area contributed by atoms with Crippen molar-refractivity contribution >= 4 is 21.8 Å². The van der Waals surface area contributed by atoms with Crippen molar-refractivity contribution in [2.75, 3.05) is 20.0 Å². The predicted octanol–water partition coefficient (Wildman–Crippen LogP) is 1.96. The van der Waals surface area contributed by atoms with Gasteiger partial charge in [0, 0.05) is 5.70 Å². The third-order valence-corrected chi connectivity index (χ3v) is 6.47. The van der Waals surface area contributed by atoms with Crippen LogP contribution in [0.5, 0.6) is 11.5 Å². The third-order valence-electron chi connectivity index (χ3n) is 4.81. The topological polar surface area (TPSA) is 131 Å². The Morgan fingerprint density at radius 1 is 1.13 bits per heavy atom. The van der Waals surface area contributed by atoms with E-state index < -0.39 is 33.6 Å². The minimum atomic E-state index is -3.87. The van der Waals surface area contributed by atoms with Crippen LogP contribution in [0.2, 0.25) is 0 Å². The smallest absolute Gasteiger partial charge is 0.338 e. The van der Waals surface area contributed by atoms with E-state index in [9.17, 15) is 23.1 Å². The molecule has 0 aliphatic carbocycles. The summed E-state index contributed by atoms with van der Waals surface area (Å²) in [5, 5.41) is 14.9. The first-order valence-electron chi connectivity index (χ1n) is 9.21. The Morgan fingerprint density at radius 3 is 2.42 bits per heavy atom. The van der Waals surface area contributed by atoms with Crippen molar-refractivity contribution in [2.24, 2.45) is 0 Å². The number of aryl methyl sites for hydroxylation is 1. The van der Waals surface area contributed by atoms with Crippen LogP contribution < -0.4 is 15.4 Å². The zero-order chi connectivity index (χ0) is 22.8. The molecule has 0 radical (unpaired) electrons. The Balaban J connectivity index is 2.11. The van der Waals surface area contributed by atoms with Gasteiger partial charge in [-0.1, -0.05) is 23.8 Å². The number of phenols is 1. The lowest BCUT2D eigenvalue weighted by Crippen LogP contribution is -2.47. The van der Waals surface area contributed by atoms with Gasteiger partial charge in [0.15, 0.2) is 21.3 Å². The zero-order valence-electron chi connectivity index (χ0n) is 17.1. The standard InChI is InChI=1S/C21H22N2O7S/c1-12-4-7-14(8-5-12)31(27,28)11-15-18(20(25)30-3)19(23-21(26)22-15)13-6-9-16(24)17(10-13)29-2/h4-10,19,24H,11H2,1-3H3,(H2,22,23,26)/t19-/m1/s1. The average Bonchev–Trinajstić information content (AvgIpc) is 2.73. The number of methoxy groups -OCH3 is 2. The Bertz CT molecular complexity index is 1150. The number of urea groups is 1. The van der Waals surface area contributed by atoms with E-state index in [4.69, 9.17) is 9.47 Å². The summed E-state index contributed by atoms with van der Waals surface area (Å²) in [5.41, 5.74) is 1.14. The molecule has 2 aromatic rings. The summed E-state index contributed by atoms with van der Waals surface area (Å²) in [5.74, 6) is -1.42. The van der Waals surface area contributed by atoms with E-state index >= 15 is 0 Å². The number of amides is 2. The summed E-state index contributed by atoms with van der Waals surface area (Å²) in [6.07, 6.45) is 0. The number of carbonyl (C=O) groups excluding carboxylic acids is 2. The largest absolute Gasteiger partial charge is 0.504 e. The lowest BCUT2D eigenvalue weighted by Gasteiger charge is -2.29. The lowest BCUT2D eigenvalue weighted by molar-refractivity contribution is -0.136. The van der Waals surface area contributed by atoms with Crippen molar-refractivity contribution in [2.45, 2.75) is 17.9 Å². The highest BCUT2D eigenvalue weighted by Crippen LogP contribution is 2.34. The van der Waals surface area contributed by atoms with Crippen molar-refractivity contribution in [3.8, 4) is 11.5 Å². The summed E-state index contributed by atoms with van der Waals surface area (Å²) >= 11 is 0. The van der Waals surface area contributed by atoms with Crippen LogP contribution in [-0.2, 0) is 19.4 Å². The second kappa shape index (κ2) is 8.68. The van der Waals surface area contributed by atoms with E-state index in [0.29, 0.717) is 5.56 Å². The number of ether oxygens (including phenoxy) is 2. The van der Waals surface area contributed by atoms with E-state index in [1.165, 1.54) is 37.4 Å². The van der Waals surface area contributed by atoms with Crippen LogP contribution in [0.3, 0.4) is 0 Å². The van der Waals surface area contributed by atoms with Gasteiger partial charge in [0.05, 0.1) is 36.5 Å². The van der Waals surface area contributed by atoms with Crippen molar-refractivity contribution < 1.29 is 32.6 Å². The summed E-state index contributed by atoms with van der Waals surface area (Å²) in [6.45, 7) is 1.83. The van der Waals surface area contributed by atoms with Crippen molar-refractivity contribution in [3.05, 3.63) is 64.9 Å². The van der Waals surface area contributed by atoms with E-state index in [-0.39, 0.29) is 27.7 Å². The summed E-state index contributed by atoms with van der Waals surface area (Å²) in [6, 6.07) is 8.84. The number of carbonyl (C=O) groups is 2. The normalized spacial score (nSPS) is 16.4. The van der Waals surface area contributed by atoms with Gasteiger partial charge in [0.25, 0.3) is 0 Å². The molecule has 1 aliphatic rings. The molecule has 0 spiro atoms. The van der Waals surface area contributed by atoms with Crippen LogP contribution in [0.4, 0.5) is 4.79 Å². The molecule has 3 rings (SSSR count). The van der Waals surface area contributed by atoms with Gasteiger partial charge < -0.3 is 25.2 Å². The number of rotatable bonds is 6. The molecule has 0 saturated carbocycles. The van der Waals surface area contributed by atoms with Gasteiger partial charge in [0.2, 0.25) is 0 Å². The highest BCUT2D eigenvalue weighted by Gasteiger charge is 2.35. The first-order valence-corrected chi connectivity index (χ1v) is 10.9. The molecule has 31 heavy (non-hydrogen) atoms. The first kappa shape index (κ1) is 22.2. The highest BCUT2D eigenvalue weighted by molar-refractivity contribution is 7.91. The second-order valence-electron chi connectivity index (χ2n) is 6.92. The molecule has 0 bridgehead atoms. The molecule has 2 aromatic carbocycles. The van der Waals surface area contributed by atoms with Gasteiger partial charge in [-0.2, -0.15) is 0 Å². The molecule has 1 aliphatic heterocycles. The molecule has 1 heterocycles. The first-order chi connectivity index (χ1) is 14.7. The second-order valence-corrected chi connectivity index (χ2v) is 8.91. The lowest BCUT2D eigenvalue weighted by atomic mass is 9.95. The summed E-state index contributed by atoms with van der Waals surface area (Å²) in [7, 11) is -1.36. The third kappa shape index (κ3) is 4.64. The van der Waals surface area contributed by atoms with E-state index in [1.54, 1.807) is 12.1 Å². The Labute approximate surface area is 179 Å². The molecule has 1 atom stereocenters. The minimum absolute atomic E-state index is 0.0606. The maximum Gasteiger partial charge on any atom is 0.338 e. The van der Waals surface area contributed by atoms with Crippen LogP contribution in [0.25, 0.3) is 0 Å². The number of esters is 1. The Hall–Kier alpha value is -3.53.